The first-order chi connectivity index (χ1) is 35.0. The molecule has 0 unspecified atom stereocenters. The van der Waals surface area contributed by atoms with Crippen molar-refractivity contribution < 1.29 is 61.9 Å². The number of carbonyl (C=O) groups excluding carboxylic acids is 6. The zero-order chi connectivity index (χ0) is 50.4. The molecule has 374 valence electrons. The van der Waals surface area contributed by atoms with E-state index < -0.39 is 41.6 Å². The minimum atomic E-state index is -0.530. The van der Waals surface area contributed by atoms with Crippen LogP contribution in [0.1, 0.15) is 82.6 Å². The molecule has 0 bridgehead atoms. The van der Waals surface area contributed by atoms with Gasteiger partial charge in [0.25, 0.3) is 0 Å². The van der Waals surface area contributed by atoms with E-state index in [4.69, 9.17) is 43.1 Å². The first-order valence-corrected chi connectivity index (χ1v) is 25.7. The van der Waals surface area contributed by atoms with Crippen LogP contribution in [-0.4, -0.2) is 59.0 Å². The maximum Gasteiger partial charge on any atom is 0.330 e. The molecule has 0 spiro atoms. The molecule has 0 N–H and O–H groups in total. The van der Waals surface area contributed by atoms with Gasteiger partial charge >= 0.3 is 35.8 Å². The number of ether oxygens (including phenoxy) is 7. The van der Waals surface area contributed by atoms with Crippen molar-refractivity contribution in [3.05, 3.63) is 116 Å². The average Bonchev–Trinajstić information content (AvgIpc) is 4.06. The Morgan fingerprint density at radius 2 is 1.00 bits per heavy atom. The number of thiazole rings is 2. The van der Waals surface area contributed by atoms with Crippen LogP contribution in [0.4, 0.5) is 0 Å². The van der Waals surface area contributed by atoms with E-state index in [0.717, 1.165) is 53.6 Å². The van der Waals surface area contributed by atoms with Crippen LogP contribution in [0.2, 0.25) is 0 Å². The number of para-hydroxylation sites is 1. The number of rotatable bonds is 21. The van der Waals surface area contributed by atoms with Gasteiger partial charge in [-0.15, -0.1) is 22.7 Å². The quantitative estimate of drug-likeness (QED) is 0.0286. The summed E-state index contributed by atoms with van der Waals surface area (Å²) in [6.07, 6.45) is 9.22. The third-order valence-electron chi connectivity index (χ3n) is 12.6. The lowest BCUT2D eigenvalue weighted by Crippen LogP contribution is -2.30. The van der Waals surface area contributed by atoms with Gasteiger partial charge in [0.1, 0.15) is 34.1 Å². The number of carbonyl (C=O) groups is 6. The van der Waals surface area contributed by atoms with Crippen LogP contribution in [0.5, 0.6) is 28.7 Å². The minimum absolute atomic E-state index is 0.0695. The molecule has 0 amide bonds. The number of fused-ring (bicyclic) bond motifs is 2. The molecule has 2 saturated carbocycles. The highest BCUT2D eigenvalue weighted by Crippen LogP contribution is 2.44. The number of hydrogen-bond donors (Lipinski definition) is 0. The summed E-state index contributed by atoms with van der Waals surface area (Å²) in [4.78, 5) is 86.0. The molecule has 2 heterocycles. The Kier molecular flexibility index (Phi) is 17.6. The molecule has 2 aliphatic carbocycles. The predicted octanol–water partition coefficient (Wildman–Crippen LogP) is 11.1. The van der Waals surface area contributed by atoms with Crippen molar-refractivity contribution in [1.29, 1.82) is 0 Å². The van der Waals surface area contributed by atoms with Gasteiger partial charge in [-0.3, -0.25) is 19.2 Å². The fourth-order valence-electron chi connectivity index (χ4n) is 8.54. The first-order valence-electron chi connectivity index (χ1n) is 24.1. The van der Waals surface area contributed by atoms with Gasteiger partial charge < -0.3 is 33.2 Å². The van der Waals surface area contributed by atoms with Gasteiger partial charge in [-0.1, -0.05) is 37.4 Å². The largest absolute Gasteiger partial charge is 0.494 e. The Labute approximate surface area is 424 Å². The second kappa shape index (κ2) is 24.7. The van der Waals surface area contributed by atoms with Crippen LogP contribution in [0.3, 0.4) is 0 Å². The van der Waals surface area contributed by atoms with E-state index in [1.807, 2.05) is 24.3 Å². The van der Waals surface area contributed by atoms with Crippen molar-refractivity contribution in [1.82, 2.24) is 9.97 Å². The molecule has 0 atom stereocenters. The van der Waals surface area contributed by atoms with Crippen molar-refractivity contribution in [2.24, 2.45) is 23.7 Å². The van der Waals surface area contributed by atoms with Gasteiger partial charge in [-0.05, 0) is 143 Å². The third kappa shape index (κ3) is 13.6. The Hall–Kier alpha value is -7.24. The summed E-state index contributed by atoms with van der Waals surface area (Å²) in [5, 5.41) is 1.24. The van der Waals surface area contributed by atoms with E-state index in [1.54, 1.807) is 60.7 Å². The smallest absolute Gasteiger partial charge is 0.330 e. The number of benzene rings is 4. The third-order valence-corrected chi connectivity index (χ3v) is 14.9. The van der Waals surface area contributed by atoms with E-state index in [9.17, 15) is 28.8 Å². The van der Waals surface area contributed by atoms with Gasteiger partial charge in [0.15, 0.2) is 21.5 Å². The standard InChI is InChI=1S/C55H54N2O13S2/c1-3-46(58)65-32-10-6-5-9-31-64-39-25-27-41(28-26-39)68-53(61)36-15-19-37(20-16-36)54(62)69-43-29-30-44(49-48(43)57-51(72-49)50-56-42-11-7-8-12-45(42)71-50)70-55(63)38-21-17-35(18-22-38)52(60)67-40-23-13-34(14-24-40)33-66-47(59)4-2/h3-4,7-8,11-14,23-30,35-38H,1-2,5-6,9-10,15-22,31-33H2. The number of hydrogen-bond acceptors (Lipinski definition) is 17. The molecule has 2 aromatic heterocycles. The van der Waals surface area contributed by atoms with E-state index in [-0.39, 0.29) is 36.0 Å². The fraction of sp³-hybridized carbons (Fsp3) is 0.345. The van der Waals surface area contributed by atoms with Crippen molar-refractivity contribution in [2.45, 2.75) is 83.7 Å². The molecule has 2 fully saturated rings. The number of aromatic nitrogens is 2. The second-order valence-corrected chi connectivity index (χ2v) is 19.6. The molecule has 15 nitrogen and oxygen atoms in total. The highest BCUT2D eigenvalue weighted by atomic mass is 32.1. The summed E-state index contributed by atoms with van der Waals surface area (Å²) in [5.74, 6) is -2.28. The molecule has 2 aliphatic rings. The van der Waals surface area contributed by atoms with Gasteiger partial charge in [-0.25, -0.2) is 19.6 Å². The molecular weight excluding hydrogens is 961 g/mol. The van der Waals surface area contributed by atoms with E-state index in [2.05, 4.69) is 13.2 Å². The Morgan fingerprint density at radius 1 is 0.514 bits per heavy atom. The molecular formula is C55H54N2O13S2. The Bertz CT molecular complexity index is 2880. The predicted molar refractivity (Wildman–Crippen MR) is 270 cm³/mol. The summed E-state index contributed by atoms with van der Waals surface area (Å²) in [6, 6.07) is 24.6. The van der Waals surface area contributed by atoms with E-state index in [1.165, 1.54) is 22.7 Å². The number of unbranched alkanes of at least 4 members (excludes halogenated alkanes) is 3. The molecule has 4 aromatic carbocycles. The van der Waals surface area contributed by atoms with Crippen LogP contribution < -0.4 is 23.7 Å². The van der Waals surface area contributed by atoms with Crippen molar-refractivity contribution in [3.8, 4) is 38.8 Å². The highest BCUT2D eigenvalue weighted by molar-refractivity contribution is 7.28. The monoisotopic (exact) mass is 1010 g/mol. The average molecular weight is 1020 g/mol. The summed E-state index contributed by atoms with van der Waals surface area (Å²) in [6.45, 7) is 7.74. The normalized spacial score (nSPS) is 17.6. The lowest BCUT2D eigenvalue weighted by Gasteiger charge is -2.26. The molecule has 72 heavy (non-hydrogen) atoms. The lowest BCUT2D eigenvalue weighted by atomic mass is 9.82. The maximum atomic E-state index is 13.8. The van der Waals surface area contributed by atoms with Crippen LogP contribution in [0, 0.1) is 23.7 Å². The van der Waals surface area contributed by atoms with Crippen LogP contribution >= 0.6 is 22.7 Å². The first kappa shape index (κ1) is 51.1. The zero-order valence-electron chi connectivity index (χ0n) is 39.6. The zero-order valence-corrected chi connectivity index (χ0v) is 41.2. The molecule has 8 rings (SSSR count). The van der Waals surface area contributed by atoms with Gasteiger partial charge in [0.2, 0.25) is 0 Å². The topological polar surface area (TPSA) is 193 Å². The second-order valence-electron chi connectivity index (χ2n) is 17.6. The van der Waals surface area contributed by atoms with Crippen molar-refractivity contribution in [3.63, 3.8) is 0 Å². The van der Waals surface area contributed by atoms with Gasteiger partial charge in [-0.2, -0.15) is 0 Å². The summed E-state index contributed by atoms with van der Waals surface area (Å²) in [5.41, 5.74) is 1.91. The van der Waals surface area contributed by atoms with E-state index in [0.29, 0.717) is 102 Å². The number of nitrogens with zero attached hydrogens (tertiary/aromatic N) is 2. The molecule has 0 saturated heterocycles. The summed E-state index contributed by atoms with van der Waals surface area (Å²) >= 11 is 2.77. The van der Waals surface area contributed by atoms with Crippen LogP contribution in [0.15, 0.2) is 110 Å². The molecule has 6 aromatic rings. The molecule has 0 radical (unpaired) electrons. The number of esters is 6. The van der Waals surface area contributed by atoms with Crippen LogP contribution in [0.25, 0.3) is 30.4 Å². The van der Waals surface area contributed by atoms with E-state index >= 15 is 0 Å². The van der Waals surface area contributed by atoms with Crippen LogP contribution in [-0.2, 0) is 44.8 Å². The molecule has 0 aliphatic heterocycles. The van der Waals surface area contributed by atoms with Gasteiger partial charge in [0, 0.05) is 12.2 Å². The minimum Gasteiger partial charge on any atom is -0.494 e. The Morgan fingerprint density at radius 3 is 1.58 bits per heavy atom. The molecule has 17 heteroatoms. The van der Waals surface area contributed by atoms with Gasteiger partial charge in [0.05, 0.1) is 47.1 Å². The summed E-state index contributed by atoms with van der Waals surface area (Å²) < 4.78 is 40.9. The summed E-state index contributed by atoms with van der Waals surface area (Å²) in [7, 11) is 0. The highest BCUT2D eigenvalue weighted by Gasteiger charge is 2.35. The maximum absolute atomic E-state index is 13.8. The van der Waals surface area contributed by atoms with Crippen molar-refractivity contribution >= 4 is 78.9 Å². The SMILES string of the molecule is C=CC(=O)OCCCCCCOc1ccc(OC(=O)C2CCC(C(=O)Oc3ccc(OC(=O)C4CCC(C(=O)Oc5ccc(COC(=O)C=C)cc5)CC4)c4sc(-c5nc6ccccc6s5)nc34)CC2)cc1. The Balaban J connectivity index is 0.837. The van der Waals surface area contributed by atoms with Crippen molar-refractivity contribution in [2.75, 3.05) is 13.2 Å². The fourth-order valence-corrected chi connectivity index (χ4v) is 10.6. The lowest BCUT2D eigenvalue weighted by molar-refractivity contribution is -0.145.